The van der Waals surface area contributed by atoms with Crippen molar-refractivity contribution in [1.82, 2.24) is 0 Å². The normalized spacial score (nSPS) is 9.62. The van der Waals surface area contributed by atoms with E-state index < -0.39 is 0 Å². The molecule has 92 valence electrons. The Kier molecular flexibility index (Phi) is 8.35. The van der Waals surface area contributed by atoms with Gasteiger partial charge in [0.15, 0.2) is 0 Å². The molecule has 0 aliphatic rings. The highest BCUT2D eigenvalue weighted by Crippen LogP contribution is 2.11. The predicted octanol–water partition coefficient (Wildman–Crippen LogP) is 3.13. The molecule has 1 N–H and O–H groups in total. The van der Waals surface area contributed by atoms with Crippen molar-refractivity contribution in [3.63, 3.8) is 0 Å². The van der Waals surface area contributed by atoms with Crippen LogP contribution in [0.15, 0.2) is 37.0 Å². The lowest BCUT2D eigenvalue weighted by molar-refractivity contribution is 0.179. The van der Waals surface area contributed by atoms with Crippen LogP contribution in [0.5, 0.6) is 0 Å². The lowest BCUT2D eigenvalue weighted by Crippen LogP contribution is -1.99. The lowest BCUT2D eigenvalue weighted by Gasteiger charge is -2.12. The number of ether oxygens (including phenoxy) is 2. The van der Waals surface area contributed by atoms with E-state index in [1.54, 1.807) is 0 Å². The number of rotatable bonds is 10. The Morgan fingerprint density at radius 1 is 1.00 bits per heavy atom. The van der Waals surface area contributed by atoms with Gasteiger partial charge in [-0.25, -0.2) is 0 Å². The van der Waals surface area contributed by atoms with Crippen molar-refractivity contribution >= 4 is 0 Å². The van der Waals surface area contributed by atoms with E-state index in [0.717, 1.165) is 18.6 Å². The van der Waals surface area contributed by atoms with Crippen LogP contribution in [0.4, 0.5) is 0 Å². The average Bonchev–Trinajstić information content (AvgIpc) is 2.18. The number of allylic oxidation sites excluding steroid dienone is 1. The van der Waals surface area contributed by atoms with Crippen LogP contribution in [0.2, 0.25) is 0 Å². The maximum atomic E-state index is 8.65. The zero-order valence-electron chi connectivity index (χ0n) is 10.1. The topological polar surface area (TPSA) is 38.7 Å². The summed E-state index contributed by atoms with van der Waals surface area (Å²) in [5.74, 6) is 1.92. The van der Waals surface area contributed by atoms with E-state index in [9.17, 15) is 0 Å². The number of aliphatic hydroxyl groups excluding tert-OH is 1. The van der Waals surface area contributed by atoms with Crippen LogP contribution in [0, 0.1) is 0 Å². The molecule has 16 heavy (non-hydrogen) atoms. The summed E-state index contributed by atoms with van der Waals surface area (Å²) in [5.41, 5.74) is 0. The third kappa shape index (κ3) is 8.12. The minimum absolute atomic E-state index is 0.0376. The van der Waals surface area contributed by atoms with Gasteiger partial charge in [0, 0.05) is 19.3 Å². The highest BCUT2D eigenvalue weighted by molar-refractivity contribution is 4.93. The molecule has 0 spiro atoms. The number of aliphatic hydroxyl groups is 1. The molecular formula is C13H22O3. The van der Waals surface area contributed by atoms with Crippen molar-refractivity contribution < 1.29 is 14.6 Å². The Bertz CT molecular complexity index is 244. The van der Waals surface area contributed by atoms with Crippen LogP contribution in [0.1, 0.15) is 32.6 Å². The fourth-order valence-electron chi connectivity index (χ4n) is 1.09. The Hall–Kier alpha value is -1.22. The first-order valence-electron chi connectivity index (χ1n) is 5.55. The van der Waals surface area contributed by atoms with E-state index in [1.165, 1.54) is 0 Å². The summed E-state index contributed by atoms with van der Waals surface area (Å²) in [7, 11) is 0. The fraction of sp³-hybridized carbons (Fsp3) is 0.538. The van der Waals surface area contributed by atoms with Crippen LogP contribution in [-0.4, -0.2) is 18.3 Å². The summed E-state index contributed by atoms with van der Waals surface area (Å²) in [6.07, 6.45) is 2.95. The van der Waals surface area contributed by atoms with E-state index in [2.05, 4.69) is 26.7 Å². The summed E-state index contributed by atoms with van der Waals surface area (Å²) < 4.78 is 10.7. The van der Waals surface area contributed by atoms with Gasteiger partial charge in [0.2, 0.25) is 0 Å². The molecule has 0 unspecified atom stereocenters. The molecule has 0 saturated heterocycles. The summed E-state index contributed by atoms with van der Waals surface area (Å²) in [6.45, 7) is 13.8. The van der Waals surface area contributed by atoms with Gasteiger partial charge in [0.05, 0.1) is 30.5 Å². The molecule has 0 amide bonds. The maximum absolute atomic E-state index is 8.65. The summed E-state index contributed by atoms with van der Waals surface area (Å²) in [4.78, 5) is 0. The summed E-state index contributed by atoms with van der Waals surface area (Å²) >= 11 is 0. The smallest absolute Gasteiger partial charge is 0.0998 e. The van der Waals surface area contributed by atoms with Crippen molar-refractivity contribution in [2.75, 3.05) is 13.2 Å². The van der Waals surface area contributed by atoms with Crippen molar-refractivity contribution in [2.45, 2.75) is 32.6 Å². The van der Waals surface area contributed by atoms with Gasteiger partial charge in [-0.15, -0.1) is 0 Å². The van der Waals surface area contributed by atoms with Crippen molar-refractivity contribution in [1.29, 1.82) is 0 Å². The van der Waals surface area contributed by atoms with Gasteiger partial charge in [-0.1, -0.05) is 26.7 Å². The van der Waals surface area contributed by atoms with Gasteiger partial charge in [-0.2, -0.15) is 0 Å². The first-order valence-corrected chi connectivity index (χ1v) is 5.55. The monoisotopic (exact) mass is 226 g/mol. The van der Waals surface area contributed by atoms with E-state index in [4.69, 9.17) is 14.6 Å². The lowest BCUT2D eigenvalue weighted by atomic mass is 10.3. The molecule has 0 aromatic carbocycles. The van der Waals surface area contributed by atoms with Crippen LogP contribution >= 0.6 is 0 Å². The zero-order valence-corrected chi connectivity index (χ0v) is 10.1. The van der Waals surface area contributed by atoms with Crippen molar-refractivity contribution in [3.05, 3.63) is 37.0 Å². The quantitative estimate of drug-likeness (QED) is 0.582. The third-order valence-corrected chi connectivity index (χ3v) is 1.90. The van der Waals surface area contributed by atoms with Gasteiger partial charge in [-0.3, -0.25) is 0 Å². The standard InChI is InChI=1S/C13H22O3/c1-5-6-11(2)15-10-8-13(4)16-12(3)7-9-14/h14H,2-10H2,1H3. The molecular weight excluding hydrogens is 204 g/mol. The van der Waals surface area contributed by atoms with E-state index >= 15 is 0 Å². The highest BCUT2D eigenvalue weighted by atomic mass is 16.5. The van der Waals surface area contributed by atoms with E-state index in [0.29, 0.717) is 31.0 Å². The van der Waals surface area contributed by atoms with Gasteiger partial charge in [-0.05, 0) is 6.42 Å². The molecule has 0 aromatic heterocycles. The molecule has 0 rings (SSSR count). The molecule has 0 bridgehead atoms. The van der Waals surface area contributed by atoms with Gasteiger partial charge in [0.25, 0.3) is 0 Å². The SMILES string of the molecule is C=C(CCC)OCCC(=C)OC(=C)CCO. The van der Waals surface area contributed by atoms with Crippen LogP contribution in [0.25, 0.3) is 0 Å². The molecule has 0 heterocycles. The molecule has 0 atom stereocenters. The Balaban J connectivity index is 3.58. The second-order valence-corrected chi connectivity index (χ2v) is 3.54. The van der Waals surface area contributed by atoms with Crippen LogP contribution in [0.3, 0.4) is 0 Å². The zero-order chi connectivity index (χ0) is 12.4. The predicted molar refractivity (Wildman–Crippen MR) is 65.7 cm³/mol. The minimum atomic E-state index is 0.0376. The third-order valence-electron chi connectivity index (χ3n) is 1.90. The molecule has 3 heteroatoms. The Morgan fingerprint density at radius 3 is 2.19 bits per heavy atom. The Labute approximate surface area is 98.1 Å². The molecule has 0 aliphatic heterocycles. The van der Waals surface area contributed by atoms with Crippen molar-refractivity contribution in [2.24, 2.45) is 0 Å². The van der Waals surface area contributed by atoms with Crippen LogP contribution in [-0.2, 0) is 9.47 Å². The minimum Gasteiger partial charge on any atom is -0.498 e. The first kappa shape index (κ1) is 14.8. The van der Waals surface area contributed by atoms with E-state index in [-0.39, 0.29) is 6.61 Å². The molecule has 0 saturated carbocycles. The van der Waals surface area contributed by atoms with Gasteiger partial charge in [0.1, 0.15) is 0 Å². The second kappa shape index (κ2) is 9.04. The maximum Gasteiger partial charge on any atom is 0.0998 e. The Morgan fingerprint density at radius 2 is 1.62 bits per heavy atom. The largest absolute Gasteiger partial charge is 0.498 e. The fourth-order valence-corrected chi connectivity index (χ4v) is 1.09. The van der Waals surface area contributed by atoms with Gasteiger partial charge >= 0.3 is 0 Å². The molecule has 0 fully saturated rings. The molecule has 3 nitrogen and oxygen atoms in total. The molecule has 0 radical (unpaired) electrons. The summed E-state index contributed by atoms with van der Waals surface area (Å²) in [6, 6.07) is 0. The summed E-state index contributed by atoms with van der Waals surface area (Å²) in [5, 5.41) is 8.65. The molecule has 0 aromatic rings. The number of hydrogen-bond donors (Lipinski definition) is 1. The van der Waals surface area contributed by atoms with Crippen molar-refractivity contribution in [3.8, 4) is 0 Å². The average molecular weight is 226 g/mol. The molecule has 0 aliphatic carbocycles. The van der Waals surface area contributed by atoms with Crippen LogP contribution < -0.4 is 0 Å². The second-order valence-electron chi connectivity index (χ2n) is 3.54. The number of hydrogen-bond acceptors (Lipinski definition) is 3. The van der Waals surface area contributed by atoms with E-state index in [1.807, 2.05) is 0 Å². The first-order chi connectivity index (χ1) is 7.60. The highest BCUT2D eigenvalue weighted by Gasteiger charge is 2.00. The van der Waals surface area contributed by atoms with Gasteiger partial charge < -0.3 is 14.6 Å².